The smallest absolute Gasteiger partial charge is 0.240 e. The normalized spacial score (nSPS) is 11.5. The highest BCUT2D eigenvalue weighted by atomic mass is 32.2. The molecule has 118 valence electrons. The maximum Gasteiger partial charge on any atom is 0.240 e. The molecule has 5 heteroatoms. The lowest BCUT2D eigenvalue weighted by Crippen LogP contribution is -2.27. The van der Waals surface area contributed by atoms with Crippen molar-refractivity contribution in [3.8, 4) is 0 Å². The summed E-state index contributed by atoms with van der Waals surface area (Å²) in [6.07, 6.45) is 0. The quantitative estimate of drug-likeness (QED) is 0.798. The van der Waals surface area contributed by atoms with E-state index in [9.17, 15) is 8.42 Å². The van der Waals surface area contributed by atoms with Crippen molar-refractivity contribution in [1.29, 1.82) is 0 Å². The van der Waals surface area contributed by atoms with Crippen molar-refractivity contribution in [2.24, 2.45) is 0 Å². The first kappa shape index (κ1) is 16.7. The Morgan fingerprint density at radius 2 is 1.73 bits per heavy atom. The van der Waals surface area contributed by atoms with E-state index in [4.69, 9.17) is 4.74 Å². The average molecular weight is 319 g/mol. The first-order valence-electron chi connectivity index (χ1n) is 7.17. The van der Waals surface area contributed by atoms with Gasteiger partial charge in [0.05, 0.1) is 18.1 Å². The fraction of sp³-hybridized carbons (Fsp3) is 0.294. The predicted octanol–water partition coefficient (Wildman–Crippen LogP) is 2.80. The number of benzene rings is 2. The van der Waals surface area contributed by atoms with Crippen LogP contribution in [-0.2, 0) is 21.4 Å². The van der Waals surface area contributed by atoms with Crippen molar-refractivity contribution in [1.82, 2.24) is 4.72 Å². The Morgan fingerprint density at radius 3 is 2.41 bits per heavy atom. The van der Waals surface area contributed by atoms with Crippen LogP contribution in [-0.4, -0.2) is 21.6 Å². The summed E-state index contributed by atoms with van der Waals surface area (Å²) in [7, 11) is -3.45. The van der Waals surface area contributed by atoms with Gasteiger partial charge in [0.2, 0.25) is 10.0 Å². The molecule has 0 aliphatic heterocycles. The first-order chi connectivity index (χ1) is 10.5. The second-order valence-electron chi connectivity index (χ2n) is 5.18. The van der Waals surface area contributed by atoms with Crippen molar-refractivity contribution >= 4 is 10.0 Å². The second-order valence-corrected chi connectivity index (χ2v) is 6.95. The molecule has 4 nitrogen and oxygen atoms in total. The maximum atomic E-state index is 12.0. The summed E-state index contributed by atoms with van der Waals surface area (Å²) in [6.45, 7) is 5.19. The topological polar surface area (TPSA) is 55.4 Å². The molecule has 0 saturated heterocycles. The minimum absolute atomic E-state index is 0.252. The zero-order valence-corrected chi connectivity index (χ0v) is 13.7. The van der Waals surface area contributed by atoms with Crippen LogP contribution in [0.1, 0.15) is 16.7 Å². The third-order valence-electron chi connectivity index (χ3n) is 3.43. The Bertz CT molecular complexity index is 712. The van der Waals surface area contributed by atoms with E-state index in [2.05, 4.69) is 30.7 Å². The van der Waals surface area contributed by atoms with E-state index in [1.54, 1.807) is 30.3 Å². The number of aryl methyl sites for hydroxylation is 2. The van der Waals surface area contributed by atoms with Gasteiger partial charge >= 0.3 is 0 Å². The molecular formula is C17H21NO3S. The van der Waals surface area contributed by atoms with Gasteiger partial charge in [0.1, 0.15) is 0 Å². The summed E-state index contributed by atoms with van der Waals surface area (Å²) in [6, 6.07) is 14.5. The third-order valence-corrected chi connectivity index (χ3v) is 4.91. The summed E-state index contributed by atoms with van der Waals surface area (Å²) < 4.78 is 32.0. The van der Waals surface area contributed by atoms with E-state index in [1.807, 2.05) is 6.07 Å². The number of rotatable bonds is 7. The number of nitrogens with one attached hydrogen (secondary N) is 1. The molecule has 0 bridgehead atoms. The molecule has 0 atom stereocenters. The van der Waals surface area contributed by atoms with E-state index in [-0.39, 0.29) is 11.4 Å². The molecule has 1 N–H and O–H groups in total. The van der Waals surface area contributed by atoms with Gasteiger partial charge in [-0.05, 0) is 42.7 Å². The largest absolute Gasteiger partial charge is 0.375 e. The summed E-state index contributed by atoms with van der Waals surface area (Å²) in [5.41, 5.74) is 3.57. The van der Waals surface area contributed by atoms with E-state index in [0.717, 1.165) is 5.56 Å². The van der Waals surface area contributed by atoms with Gasteiger partial charge in [-0.25, -0.2) is 13.1 Å². The van der Waals surface area contributed by atoms with E-state index < -0.39 is 10.0 Å². The lowest BCUT2D eigenvalue weighted by Gasteiger charge is -2.08. The maximum absolute atomic E-state index is 12.0. The molecule has 0 radical (unpaired) electrons. The molecule has 2 rings (SSSR count). The van der Waals surface area contributed by atoms with Crippen LogP contribution in [0.25, 0.3) is 0 Å². The lowest BCUT2D eigenvalue weighted by atomic mass is 10.1. The van der Waals surface area contributed by atoms with Gasteiger partial charge in [-0.1, -0.05) is 36.4 Å². The third kappa shape index (κ3) is 4.66. The lowest BCUT2D eigenvalue weighted by molar-refractivity contribution is 0.126. The van der Waals surface area contributed by atoms with Gasteiger partial charge in [0.15, 0.2) is 0 Å². The van der Waals surface area contributed by atoms with Crippen molar-refractivity contribution in [2.75, 3.05) is 13.2 Å². The molecule has 2 aromatic rings. The Hall–Kier alpha value is -1.69. The molecule has 22 heavy (non-hydrogen) atoms. The summed E-state index contributed by atoms with van der Waals surface area (Å²) in [5, 5.41) is 0. The molecule has 0 spiro atoms. The van der Waals surface area contributed by atoms with Crippen molar-refractivity contribution in [2.45, 2.75) is 25.3 Å². The minimum atomic E-state index is -3.45. The number of ether oxygens (including phenoxy) is 1. The summed E-state index contributed by atoms with van der Waals surface area (Å²) in [5.74, 6) is 0. The fourth-order valence-electron chi connectivity index (χ4n) is 2.01. The highest BCUT2D eigenvalue weighted by Crippen LogP contribution is 2.10. The van der Waals surface area contributed by atoms with Crippen LogP contribution in [0.15, 0.2) is 53.4 Å². The van der Waals surface area contributed by atoms with Gasteiger partial charge in [-0.15, -0.1) is 0 Å². The summed E-state index contributed by atoms with van der Waals surface area (Å²) in [4.78, 5) is 0.268. The van der Waals surface area contributed by atoms with Gasteiger partial charge in [-0.2, -0.15) is 0 Å². The molecule has 0 amide bonds. The second kappa shape index (κ2) is 7.54. The standard InChI is InChI=1S/C17H21NO3S/c1-14-8-9-16(12-15(14)2)13-21-11-10-18-22(19,20)17-6-4-3-5-7-17/h3-9,12,18H,10-11,13H2,1-2H3. The SMILES string of the molecule is Cc1ccc(COCCNS(=O)(=O)c2ccccc2)cc1C. The van der Waals surface area contributed by atoms with Gasteiger partial charge in [0.25, 0.3) is 0 Å². The molecule has 0 aromatic heterocycles. The molecule has 0 saturated carbocycles. The Labute approximate surface area is 132 Å². The number of hydrogen-bond donors (Lipinski definition) is 1. The van der Waals surface area contributed by atoms with Crippen molar-refractivity contribution in [3.63, 3.8) is 0 Å². The van der Waals surface area contributed by atoms with Crippen molar-refractivity contribution in [3.05, 3.63) is 65.2 Å². The van der Waals surface area contributed by atoms with Crippen LogP contribution in [0.2, 0.25) is 0 Å². The van der Waals surface area contributed by atoms with Crippen molar-refractivity contribution < 1.29 is 13.2 Å². The number of sulfonamides is 1. The zero-order valence-electron chi connectivity index (χ0n) is 12.9. The molecule has 0 aliphatic carbocycles. The van der Waals surface area contributed by atoms with Crippen LogP contribution < -0.4 is 4.72 Å². The first-order valence-corrected chi connectivity index (χ1v) is 8.66. The van der Waals surface area contributed by atoms with Crippen LogP contribution in [0.3, 0.4) is 0 Å². The van der Waals surface area contributed by atoms with Gasteiger partial charge in [0, 0.05) is 6.54 Å². The molecule has 0 fully saturated rings. The van der Waals surface area contributed by atoms with Crippen LogP contribution >= 0.6 is 0 Å². The van der Waals surface area contributed by atoms with Crippen LogP contribution in [0.4, 0.5) is 0 Å². The predicted molar refractivity (Wildman–Crippen MR) is 87.2 cm³/mol. The molecule has 0 unspecified atom stereocenters. The summed E-state index contributed by atoms with van der Waals surface area (Å²) >= 11 is 0. The highest BCUT2D eigenvalue weighted by Gasteiger charge is 2.11. The molecule has 0 heterocycles. The van der Waals surface area contributed by atoms with E-state index in [0.29, 0.717) is 13.2 Å². The Morgan fingerprint density at radius 1 is 1.00 bits per heavy atom. The van der Waals surface area contributed by atoms with Crippen LogP contribution in [0.5, 0.6) is 0 Å². The van der Waals surface area contributed by atoms with Crippen LogP contribution in [0, 0.1) is 13.8 Å². The van der Waals surface area contributed by atoms with E-state index >= 15 is 0 Å². The number of hydrogen-bond acceptors (Lipinski definition) is 3. The average Bonchev–Trinajstić information content (AvgIpc) is 2.51. The minimum Gasteiger partial charge on any atom is -0.375 e. The highest BCUT2D eigenvalue weighted by molar-refractivity contribution is 7.89. The zero-order chi connectivity index (χ0) is 16.0. The molecular weight excluding hydrogens is 298 g/mol. The van der Waals surface area contributed by atoms with E-state index in [1.165, 1.54) is 11.1 Å². The Balaban J connectivity index is 1.76. The monoisotopic (exact) mass is 319 g/mol. The molecule has 0 aliphatic rings. The van der Waals surface area contributed by atoms with Gasteiger partial charge in [-0.3, -0.25) is 0 Å². The fourth-order valence-corrected chi connectivity index (χ4v) is 3.05. The molecule has 2 aromatic carbocycles. The van der Waals surface area contributed by atoms with Gasteiger partial charge < -0.3 is 4.74 Å². The Kier molecular flexibility index (Phi) is 5.71.